The van der Waals surface area contributed by atoms with E-state index in [1.807, 2.05) is 6.07 Å². The van der Waals surface area contributed by atoms with E-state index < -0.39 is 0 Å². The summed E-state index contributed by atoms with van der Waals surface area (Å²) in [5, 5.41) is 1.03. The van der Waals surface area contributed by atoms with Gasteiger partial charge in [0.2, 0.25) is 0 Å². The van der Waals surface area contributed by atoms with Crippen LogP contribution in [0.3, 0.4) is 0 Å². The highest BCUT2D eigenvalue weighted by atomic mass is 16.5. The molecule has 0 radical (unpaired) electrons. The van der Waals surface area contributed by atoms with Crippen LogP contribution in [0.5, 0.6) is 0 Å². The number of benzene rings is 1. The fraction of sp³-hybridized carbons (Fsp3) is 0.278. The molecule has 116 valence electrons. The molecule has 1 fully saturated rings. The van der Waals surface area contributed by atoms with Gasteiger partial charge in [-0.1, -0.05) is 29.8 Å². The van der Waals surface area contributed by atoms with Gasteiger partial charge in [-0.3, -0.25) is 4.98 Å². The Morgan fingerprint density at radius 2 is 2.00 bits per heavy atom. The van der Waals surface area contributed by atoms with Crippen LogP contribution in [-0.2, 0) is 4.74 Å². The predicted molar refractivity (Wildman–Crippen MR) is 89.4 cm³/mol. The standard InChI is InChI=1S/C18H18N4O/c1-13-2-4-14(5-3-13)17-11-22(8-9-23-17)18-15-6-7-19-10-16(15)20-12-21-18/h2-7,10,12,17H,8-9,11H2,1H3. The predicted octanol–water partition coefficient (Wildman–Crippen LogP) is 2.91. The van der Waals surface area contributed by atoms with Crippen LogP contribution >= 0.6 is 0 Å². The van der Waals surface area contributed by atoms with Gasteiger partial charge in [-0.05, 0) is 18.6 Å². The first kappa shape index (κ1) is 14.1. The van der Waals surface area contributed by atoms with Crippen molar-refractivity contribution in [2.75, 3.05) is 24.6 Å². The number of hydrogen-bond donors (Lipinski definition) is 0. The molecule has 0 bridgehead atoms. The Morgan fingerprint density at radius 3 is 2.87 bits per heavy atom. The lowest BCUT2D eigenvalue weighted by Gasteiger charge is -2.34. The van der Waals surface area contributed by atoms with E-state index in [2.05, 4.69) is 51.0 Å². The van der Waals surface area contributed by atoms with E-state index in [0.29, 0.717) is 6.61 Å². The second-order valence-corrected chi connectivity index (χ2v) is 5.81. The van der Waals surface area contributed by atoms with Gasteiger partial charge >= 0.3 is 0 Å². The number of anilines is 1. The van der Waals surface area contributed by atoms with Crippen molar-refractivity contribution in [1.29, 1.82) is 0 Å². The Bertz CT molecular complexity index is 813. The lowest BCUT2D eigenvalue weighted by atomic mass is 10.1. The highest BCUT2D eigenvalue weighted by Crippen LogP contribution is 2.28. The largest absolute Gasteiger partial charge is 0.370 e. The molecule has 2 aromatic heterocycles. The zero-order valence-corrected chi connectivity index (χ0v) is 13.0. The number of rotatable bonds is 2. The molecule has 1 aliphatic heterocycles. The topological polar surface area (TPSA) is 51.1 Å². The van der Waals surface area contributed by atoms with Crippen LogP contribution in [0.25, 0.3) is 10.9 Å². The number of fused-ring (bicyclic) bond motifs is 1. The van der Waals surface area contributed by atoms with Crippen LogP contribution in [0.15, 0.2) is 49.1 Å². The molecule has 4 rings (SSSR count). The van der Waals surface area contributed by atoms with E-state index >= 15 is 0 Å². The maximum Gasteiger partial charge on any atom is 0.140 e. The molecule has 5 nitrogen and oxygen atoms in total. The SMILES string of the molecule is Cc1ccc(C2CN(c3ncnc4cnccc34)CCO2)cc1. The van der Waals surface area contributed by atoms with Gasteiger partial charge in [0.05, 0.1) is 18.3 Å². The maximum absolute atomic E-state index is 5.97. The molecule has 1 unspecified atom stereocenters. The van der Waals surface area contributed by atoms with E-state index in [-0.39, 0.29) is 6.10 Å². The van der Waals surface area contributed by atoms with Gasteiger partial charge in [0, 0.05) is 24.7 Å². The first-order valence-corrected chi connectivity index (χ1v) is 7.79. The summed E-state index contributed by atoms with van der Waals surface area (Å²) in [7, 11) is 0. The van der Waals surface area contributed by atoms with Crippen LogP contribution in [-0.4, -0.2) is 34.6 Å². The van der Waals surface area contributed by atoms with Gasteiger partial charge in [-0.15, -0.1) is 0 Å². The molecule has 1 aromatic carbocycles. The molecule has 0 aliphatic carbocycles. The first-order chi connectivity index (χ1) is 11.3. The second-order valence-electron chi connectivity index (χ2n) is 5.81. The molecule has 3 aromatic rings. The lowest BCUT2D eigenvalue weighted by molar-refractivity contribution is 0.0396. The average Bonchev–Trinajstić information content (AvgIpc) is 2.62. The molecule has 0 spiro atoms. The lowest BCUT2D eigenvalue weighted by Crippen LogP contribution is -2.39. The van der Waals surface area contributed by atoms with E-state index in [1.165, 1.54) is 11.1 Å². The molecular weight excluding hydrogens is 288 g/mol. The quantitative estimate of drug-likeness (QED) is 0.728. The fourth-order valence-electron chi connectivity index (χ4n) is 2.97. The third-order valence-electron chi connectivity index (χ3n) is 4.23. The van der Waals surface area contributed by atoms with Crippen molar-refractivity contribution in [3.05, 3.63) is 60.2 Å². The molecule has 0 amide bonds. The number of aryl methyl sites for hydroxylation is 1. The van der Waals surface area contributed by atoms with E-state index in [1.54, 1.807) is 18.7 Å². The van der Waals surface area contributed by atoms with Crippen LogP contribution in [0, 0.1) is 6.92 Å². The molecule has 23 heavy (non-hydrogen) atoms. The van der Waals surface area contributed by atoms with Gasteiger partial charge in [0.25, 0.3) is 0 Å². The van der Waals surface area contributed by atoms with Gasteiger partial charge in [-0.25, -0.2) is 9.97 Å². The summed E-state index contributed by atoms with van der Waals surface area (Å²) >= 11 is 0. The Labute approximate surface area is 135 Å². The normalized spacial score (nSPS) is 18.3. The van der Waals surface area contributed by atoms with Gasteiger partial charge in [-0.2, -0.15) is 0 Å². The van der Waals surface area contributed by atoms with Crippen LogP contribution in [0.1, 0.15) is 17.2 Å². The highest BCUT2D eigenvalue weighted by molar-refractivity contribution is 5.88. The number of nitrogens with zero attached hydrogens (tertiary/aromatic N) is 4. The third-order valence-corrected chi connectivity index (χ3v) is 4.23. The van der Waals surface area contributed by atoms with Gasteiger partial charge in [0.1, 0.15) is 18.2 Å². The summed E-state index contributed by atoms with van der Waals surface area (Å²) in [4.78, 5) is 15.2. The molecule has 0 saturated carbocycles. The van der Waals surface area contributed by atoms with Crippen molar-refractivity contribution in [3.8, 4) is 0 Å². The maximum atomic E-state index is 5.97. The zero-order chi connectivity index (χ0) is 15.6. The monoisotopic (exact) mass is 306 g/mol. The van der Waals surface area contributed by atoms with Crippen LogP contribution < -0.4 is 4.90 Å². The summed E-state index contributed by atoms with van der Waals surface area (Å²) in [6.45, 7) is 4.41. The molecular formula is C18H18N4O. The van der Waals surface area contributed by atoms with Gasteiger partial charge in [0.15, 0.2) is 0 Å². The number of aromatic nitrogens is 3. The minimum atomic E-state index is 0.0659. The molecule has 3 heterocycles. The summed E-state index contributed by atoms with van der Waals surface area (Å²) < 4.78 is 5.97. The summed E-state index contributed by atoms with van der Waals surface area (Å²) in [6.07, 6.45) is 5.23. The Hall–Kier alpha value is -2.53. The summed E-state index contributed by atoms with van der Waals surface area (Å²) in [5.74, 6) is 0.956. The molecule has 0 N–H and O–H groups in total. The highest BCUT2D eigenvalue weighted by Gasteiger charge is 2.24. The van der Waals surface area contributed by atoms with Crippen LogP contribution in [0.2, 0.25) is 0 Å². The number of morpholine rings is 1. The van der Waals surface area contributed by atoms with Gasteiger partial charge < -0.3 is 9.64 Å². The Balaban J connectivity index is 1.65. The van der Waals surface area contributed by atoms with Crippen molar-refractivity contribution in [2.45, 2.75) is 13.0 Å². The van der Waals surface area contributed by atoms with Crippen molar-refractivity contribution in [2.24, 2.45) is 0 Å². The van der Waals surface area contributed by atoms with Crippen molar-refractivity contribution in [3.63, 3.8) is 0 Å². The number of pyridine rings is 1. The molecule has 1 aliphatic rings. The molecule has 5 heteroatoms. The Morgan fingerprint density at radius 1 is 1.13 bits per heavy atom. The Kier molecular flexibility index (Phi) is 3.63. The summed E-state index contributed by atoms with van der Waals surface area (Å²) in [6, 6.07) is 10.5. The van der Waals surface area contributed by atoms with Crippen molar-refractivity contribution >= 4 is 16.7 Å². The van der Waals surface area contributed by atoms with Crippen molar-refractivity contribution in [1.82, 2.24) is 15.0 Å². The molecule has 1 atom stereocenters. The van der Waals surface area contributed by atoms with E-state index in [9.17, 15) is 0 Å². The molecule has 1 saturated heterocycles. The third kappa shape index (κ3) is 2.75. The van der Waals surface area contributed by atoms with E-state index in [0.717, 1.165) is 29.8 Å². The minimum Gasteiger partial charge on any atom is -0.370 e. The zero-order valence-electron chi connectivity index (χ0n) is 13.0. The minimum absolute atomic E-state index is 0.0659. The van der Waals surface area contributed by atoms with E-state index in [4.69, 9.17) is 4.74 Å². The number of hydrogen-bond acceptors (Lipinski definition) is 5. The average molecular weight is 306 g/mol. The second kappa shape index (κ2) is 5.93. The van der Waals surface area contributed by atoms with Crippen LogP contribution in [0.4, 0.5) is 5.82 Å². The smallest absolute Gasteiger partial charge is 0.140 e. The van der Waals surface area contributed by atoms with Crippen molar-refractivity contribution < 1.29 is 4.74 Å². The first-order valence-electron chi connectivity index (χ1n) is 7.79. The summed E-state index contributed by atoms with van der Waals surface area (Å²) in [5.41, 5.74) is 3.34. The number of ether oxygens (including phenoxy) is 1. The fourth-order valence-corrected chi connectivity index (χ4v) is 2.97.